The van der Waals surface area contributed by atoms with Crippen molar-refractivity contribution in [2.45, 2.75) is 43.2 Å². The maximum absolute atomic E-state index is 2.31. The van der Waals surface area contributed by atoms with E-state index < -0.39 is 0 Å². The first-order chi connectivity index (χ1) is 3.68. The molecule has 47 valence electrons. The van der Waals surface area contributed by atoms with Gasteiger partial charge in [-0.15, -0.1) is 0 Å². The monoisotopic (exact) mass is 279 g/mol. The number of hydrogen-bond donors (Lipinski definition) is 0. The van der Waals surface area contributed by atoms with Crippen molar-refractivity contribution >= 4 is 0 Å². The summed E-state index contributed by atoms with van der Waals surface area (Å²) >= 11 is 1.37. The van der Waals surface area contributed by atoms with Crippen molar-refractivity contribution in [3.8, 4) is 0 Å². The summed E-state index contributed by atoms with van der Waals surface area (Å²) in [6.45, 7) is 6.92. The Morgan fingerprint density at radius 2 is 1.25 bits per heavy atom. The molecule has 0 aliphatic rings. The van der Waals surface area contributed by atoms with Crippen LogP contribution in [0.1, 0.15) is 40.0 Å². The molecule has 0 aliphatic heterocycles. The normalized spacial score (nSPS) is 11.8. The van der Waals surface area contributed by atoms with Crippen LogP contribution in [-0.2, 0) is 24.4 Å². The summed E-state index contributed by atoms with van der Waals surface area (Å²) in [6.07, 6.45) is 4.14. The second kappa shape index (κ2) is 3.81. The van der Waals surface area contributed by atoms with Crippen LogP contribution < -0.4 is 0 Å². The molecular weight excluding hydrogens is 263 g/mol. The average Bonchev–Trinajstić information content (AvgIpc) is 1.87. The molecule has 0 radical (unpaired) electrons. The molecular formula is C7H15Hf. The Morgan fingerprint density at radius 3 is 1.25 bits per heavy atom. The van der Waals surface area contributed by atoms with Gasteiger partial charge in [-0.05, 0) is 0 Å². The van der Waals surface area contributed by atoms with E-state index in [0.717, 1.165) is 3.17 Å². The minimum atomic E-state index is 0.764. The van der Waals surface area contributed by atoms with Crippen molar-refractivity contribution in [2.24, 2.45) is 0 Å². The Balaban J connectivity index is 3.58. The molecule has 8 heavy (non-hydrogen) atoms. The molecule has 0 nitrogen and oxygen atoms in total. The van der Waals surface area contributed by atoms with E-state index in [-0.39, 0.29) is 0 Å². The van der Waals surface area contributed by atoms with E-state index in [4.69, 9.17) is 0 Å². The van der Waals surface area contributed by atoms with Crippen molar-refractivity contribution in [2.75, 3.05) is 0 Å². The molecule has 0 spiro atoms. The van der Waals surface area contributed by atoms with Crippen molar-refractivity contribution in [1.82, 2.24) is 0 Å². The first-order valence-electron chi connectivity index (χ1n) is 3.43. The van der Waals surface area contributed by atoms with Gasteiger partial charge in [0.05, 0.1) is 0 Å². The van der Waals surface area contributed by atoms with E-state index in [0.29, 0.717) is 0 Å². The molecule has 0 unspecified atom stereocenters. The molecule has 0 aliphatic carbocycles. The van der Waals surface area contributed by atoms with Gasteiger partial charge in [0.2, 0.25) is 0 Å². The van der Waals surface area contributed by atoms with Gasteiger partial charge in [0.1, 0.15) is 0 Å². The van der Waals surface area contributed by atoms with Gasteiger partial charge in [-0.3, -0.25) is 0 Å². The zero-order chi connectivity index (χ0) is 6.62. The minimum absolute atomic E-state index is 0.764. The van der Waals surface area contributed by atoms with Crippen molar-refractivity contribution in [3.63, 3.8) is 0 Å². The predicted octanol–water partition coefficient (Wildman–Crippen LogP) is 2.92. The van der Waals surface area contributed by atoms with Crippen LogP contribution in [0.15, 0.2) is 0 Å². The van der Waals surface area contributed by atoms with Crippen molar-refractivity contribution in [1.29, 1.82) is 0 Å². The molecule has 0 fully saturated rings. The van der Waals surface area contributed by atoms with Gasteiger partial charge in [0.25, 0.3) is 0 Å². The fraction of sp³-hybridized carbons (Fsp3) is 1.00. The van der Waals surface area contributed by atoms with Crippen molar-refractivity contribution < 1.29 is 24.4 Å². The van der Waals surface area contributed by atoms with E-state index >= 15 is 0 Å². The number of hydrogen-bond acceptors (Lipinski definition) is 0. The molecule has 0 bridgehead atoms. The van der Waals surface area contributed by atoms with Crippen LogP contribution in [0.2, 0.25) is 3.17 Å². The summed E-state index contributed by atoms with van der Waals surface area (Å²) in [5.41, 5.74) is 0. The van der Waals surface area contributed by atoms with Crippen LogP contribution in [0.4, 0.5) is 0 Å². The summed E-state index contributed by atoms with van der Waals surface area (Å²) in [5.74, 6) is 0. The standard InChI is InChI=1S/C7H15.Hf/c1-4-7(5-2)6-3;/h4-6H2,1-3H3;. The van der Waals surface area contributed by atoms with Gasteiger partial charge < -0.3 is 0 Å². The third-order valence-corrected chi connectivity index (χ3v) is 5.84. The second-order valence-electron chi connectivity index (χ2n) is 2.34. The fourth-order valence-corrected chi connectivity index (χ4v) is 0.750. The first kappa shape index (κ1) is 8.87. The Hall–Kier alpha value is 0.870. The zero-order valence-electron chi connectivity index (χ0n) is 6.12. The zero-order valence-corrected chi connectivity index (χ0v) is 9.71. The second-order valence-corrected chi connectivity index (χ2v) is 6.15. The molecule has 0 heterocycles. The van der Waals surface area contributed by atoms with Gasteiger partial charge >= 0.3 is 67.6 Å². The molecule has 0 saturated heterocycles. The van der Waals surface area contributed by atoms with Crippen LogP contribution in [0.3, 0.4) is 0 Å². The van der Waals surface area contributed by atoms with Crippen LogP contribution in [-0.4, -0.2) is 0 Å². The van der Waals surface area contributed by atoms with Crippen LogP contribution in [0.25, 0.3) is 0 Å². The summed E-state index contributed by atoms with van der Waals surface area (Å²) in [7, 11) is 0. The van der Waals surface area contributed by atoms with Gasteiger partial charge in [0.15, 0.2) is 0 Å². The van der Waals surface area contributed by atoms with Crippen LogP contribution in [0, 0.1) is 0 Å². The first-order valence-corrected chi connectivity index (χ1v) is 5.23. The molecule has 0 amide bonds. The maximum atomic E-state index is 2.31. The molecule has 0 aromatic heterocycles. The molecule has 1 heteroatoms. The van der Waals surface area contributed by atoms with E-state index in [1.54, 1.807) is 0 Å². The van der Waals surface area contributed by atoms with E-state index in [1.165, 1.54) is 43.6 Å². The third kappa shape index (κ3) is 2.43. The Bertz CT molecular complexity index is 47.1. The van der Waals surface area contributed by atoms with E-state index in [1.807, 2.05) is 0 Å². The van der Waals surface area contributed by atoms with Crippen LogP contribution >= 0.6 is 0 Å². The SMILES string of the molecule is CC[C]([Hf])(CC)CC. The Morgan fingerprint density at radius 1 is 1.00 bits per heavy atom. The molecule has 0 N–H and O–H groups in total. The molecule has 0 rings (SSSR count). The molecule has 0 atom stereocenters. The van der Waals surface area contributed by atoms with E-state index in [9.17, 15) is 0 Å². The topological polar surface area (TPSA) is 0 Å². The van der Waals surface area contributed by atoms with E-state index in [2.05, 4.69) is 20.8 Å². The molecule has 0 aromatic carbocycles. The third-order valence-electron chi connectivity index (χ3n) is 2.03. The molecule has 0 aromatic rings. The van der Waals surface area contributed by atoms with Crippen molar-refractivity contribution in [3.05, 3.63) is 0 Å². The summed E-state index contributed by atoms with van der Waals surface area (Å²) in [6, 6.07) is 0. The van der Waals surface area contributed by atoms with Crippen LogP contribution in [0.5, 0.6) is 0 Å². The van der Waals surface area contributed by atoms with Gasteiger partial charge in [0, 0.05) is 0 Å². The number of rotatable bonds is 3. The summed E-state index contributed by atoms with van der Waals surface area (Å²) < 4.78 is 0.764. The average molecular weight is 278 g/mol. The Kier molecular flexibility index (Phi) is 4.23. The summed E-state index contributed by atoms with van der Waals surface area (Å²) in [5, 5.41) is 0. The Labute approximate surface area is 67.6 Å². The fourth-order valence-electron chi connectivity index (χ4n) is 0.750. The summed E-state index contributed by atoms with van der Waals surface area (Å²) in [4.78, 5) is 0. The molecule has 0 saturated carbocycles. The quantitative estimate of drug-likeness (QED) is 0.696. The predicted molar refractivity (Wildman–Crippen MR) is 33.6 cm³/mol. The van der Waals surface area contributed by atoms with Gasteiger partial charge in [-0.25, -0.2) is 0 Å². The van der Waals surface area contributed by atoms with Gasteiger partial charge in [-0.2, -0.15) is 0 Å². The van der Waals surface area contributed by atoms with Gasteiger partial charge in [-0.1, -0.05) is 0 Å².